The Morgan fingerprint density at radius 1 is 1.39 bits per heavy atom. The smallest absolute Gasteiger partial charge is 0.182 e. The van der Waals surface area contributed by atoms with Crippen molar-refractivity contribution < 1.29 is 0 Å². The quantitative estimate of drug-likeness (QED) is 0.822. The molecule has 0 fully saturated rings. The van der Waals surface area contributed by atoms with Gasteiger partial charge in [-0.15, -0.1) is 5.10 Å². The van der Waals surface area contributed by atoms with Crippen LogP contribution in [0.1, 0.15) is 39.2 Å². The number of tetrazole rings is 1. The largest absolute Gasteiger partial charge is 0.399 e. The maximum Gasteiger partial charge on any atom is 0.182 e. The summed E-state index contributed by atoms with van der Waals surface area (Å²) in [6.45, 7) is 4.33. The van der Waals surface area contributed by atoms with E-state index in [1.54, 1.807) is 0 Å². The number of aromatic nitrogens is 4. The molecule has 0 aliphatic carbocycles. The molecule has 0 amide bonds. The van der Waals surface area contributed by atoms with Crippen molar-refractivity contribution in [3.63, 3.8) is 0 Å². The summed E-state index contributed by atoms with van der Waals surface area (Å²) in [6.07, 6.45) is 3.44. The van der Waals surface area contributed by atoms with Gasteiger partial charge in [0.05, 0.1) is 6.04 Å². The first kappa shape index (κ1) is 12.5. The van der Waals surface area contributed by atoms with Gasteiger partial charge in [0.25, 0.3) is 0 Å². The minimum atomic E-state index is 0.302. The first-order valence-electron chi connectivity index (χ1n) is 6.36. The molecule has 1 heterocycles. The van der Waals surface area contributed by atoms with Gasteiger partial charge in [-0.05, 0) is 35.9 Å². The minimum Gasteiger partial charge on any atom is -0.399 e. The molecular formula is C13H19N5. The Bertz CT molecular complexity index is 506. The van der Waals surface area contributed by atoms with Crippen molar-refractivity contribution in [2.45, 2.75) is 39.2 Å². The average molecular weight is 245 g/mol. The number of anilines is 1. The molecule has 1 aromatic carbocycles. The van der Waals surface area contributed by atoms with Gasteiger partial charge < -0.3 is 5.73 Å². The average Bonchev–Trinajstić information content (AvgIpc) is 2.85. The van der Waals surface area contributed by atoms with Crippen LogP contribution in [-0.4, -0.2) is 20.2 Å². The summed E-state index contributed by atoms with van der Waals surface area (Å²) < 4.78 is 1.88. The Morgan fingerprint density at radius 2 is 2.22 bits per heavy atom. The normalized spacial score (nSPS) is 12.6. The van der Waals surface area contributed by atoms with Crippen LogP contribution < -0.4 is 5.73 Å². The molecule has 96 valence electrons. The lowest BCUT2D eigenvalue weighted by molar-refractivity contribution is 0.437. The number of benzene rings is 1. The molecule has 5 heteroatoms. The number of nitrogen functional groups attached to an aromatic ring is 1. The van der Waals surface area contributed by atoms with Crippen LogP contribution in [-0.2, 0) is 0 Å². The zero-order valence-electron chi connectivity index (χ0n) is 10.9. The molecule has 2 rings (SSSR count). The molecule has 0 saturated heterocycles. The number of rotatable bonds is 5. The Hall–Kier alpha value is -1.91. The van der Waals surface area contributed by atoms with Gasteiger partial charge in [-0.1, -0.05) is 31.9 Å². The van der Waals surface area contributed by atoms with Crippen LogP contribution in [0.4, 0.5) is 5.69 Å². The molecule has 0 bridgehead atoms. The fourth-order valence-electron chi connectivity index (χ4n) is 1.98. The summed E-state index contributed by atoms with van der Waals surface area (Å²) in [5, 5.41) is 12.0. The van der Waals surface area contributed by atoms with E-state index in [9.17, 15) is 0 Å². The molecule has 1 aromatic heterocycles. The fourth-order valence-corrected chi connectivity index (χ4v) is 1.98. The minimum absolute atomic E-state index is 0.302. The molecular weight excluding hydrogens is 226 g/mol. The number of hydrogen-bond acceptors (Lipinski definition) is 4. The number of unbranched alkanes of at least 4 members (excludes halogenated alkanes) is 1. The molecule has 0 aliphatic rings. The molecule has 1 atom stereocenters. The predicted octanol–water partition coefficient (Wildman–Crippen LogP) is 2.67. The lowest BCUT2D eigenvalue weighted by atomic mass is 10.1. The zero-order valence-corrected chi connectivity index (χ0v) is 10.9. The highest BCUT2D eigenvalue weighted by Crippen LogP contribution is 2.23. The summed E-state index contributed by atoms with van der Waals surface area (Å²) in [7, 11) is 0. The van der Waals surface area contributed by atoms with Crippen LogP contribution in [0, 0.1) is 0 Å². The van der Waals surface area contributed by atoms with Crippen molar-refractivity contribution in [1.29, 1.82) is 0 Å². The summed E-state index contributed by atoms with van der Waals surface area (Å²) >= 11 is 0. The van der Waals surface area contributed by atoms with E-state index in [0.717, 1.165) is 23.5 Å². The third kappa shape index (κ3) is 2.67. The number of hydrogen-bond donors (Lipinski definition) is 1. The molecule has 1 unspecified atom stereocenters. The van der Waals surface area contributed by atoms with Crippen molar-refractivity contribution in [2.24, 2.45) is 0 Å². The van der Waals surface area contributed by atoms with Crippen LogP contribution >= 0.6 is 0 Å². The van der Waals surface area contributed by atoms with Gasteiger partial charge in [0.2, 0.25) is 0 Å². The molecule has 2 N–H and O–H groups in total. The highest BCUT2D eigenvalue weighted by molar-refractivity contribution is 5.60. The van der Waals surface area contributed by atoms with Crippen molar-refractivity contribution in [3.05, 3.63) is 24.3 Å². The van der Waals surface area contributed by atoms with Crippen LogP contribution in [0.5, 0.6) is 0 Å². The van der Waals surface area contributed by atoms with Gasteiger partial charge in [0.15, 0.2) is 5.82 Å². The Kier molecular flexibility index (Phi) is 3.92. The summed E-state index contributed by atoms with van der Waals surface area (Å²) in [5.41, 5.74) is 7.48. The van der Waals surface area contributed by atoms with E-state index in [-0.39, 0.29) is 0 Å². The molecule has 0 aliphatic heterocycles. The van der Waals surface area contributed by atoms with E-state index in [0.29, 0.717) is 6.04 Å². The second kappa shape index (κ2) is 5.62. The maximum atomic E-state index is 5.79. The molecule has 0 saturated carbocycles. The van der Waals surface area contributed by atoms with Crippen molar-refractivity contribution in [2.75, 3.05) is 5.73 Å². The number of nitrogens with two attached hydrogens (primary N) is 1. The first-order valence-corrected chi connectivity index (χ1v) is 6.36. The monoisotopic (exact) mass is 245 g/mol. The van der Waals surface area contributed by atoms with Gasteiger partial charge in [-0.2, -0.15) is 0 Å². The fraction of sp³-hybridized carbons (Fsp3) is 0.462. The van der Waals surface area contributed by atoms with Crippen LogP contribution in [0.15, 0.2) is 24.3 Å². The maximum absolute atomic E-state index is 5.79. The summed E-state index contributed by atoms with van der Waals surface area (Å²) in [4.78, 5) is 0. The van der Waals surface area contributed by atoms with Crippen molar-refractivity contribution in [3.8, 4) is 11.4 Å². The van der Waals surface area contributed by atoms with E-state index < -0.39 is 0 Å². The number of nitrogens with zero attached hydrogens (tertiary/aromatic N) is 4. The lowest BCUT2D eigenvalue weighted by Gasteiger charge is -2.12. The van der Waals surface area contributed by atoms with Crippen molar-refractivity contribution >= 4 is 5.69 Å². The lowest BCUT2D eigenvalue weighted by Crippen LogP contribution is -2.09. The first-order chi connectivity index (χ1) is 8.72. The van der Waals surface area contributed by atoms with E-state index in [2.05, 4.69) is 29.4 Å². The SMILES string of the molecule is CCCCC(C)n1nnnc1-c1cccc(N)c1. The van der Waals surface area contributed by atoms with Crippen LogP contribution in [0.2, 0.25) is 0 Å². The second-order valence-electron chi connectivity index (χ2n) is 4.56. The van der Waals surface area contributed by atoms with E-state index >= 15 is 0 Å². The standard InChI is InChI=1S/C13H19N5/c1-3-4-6-10(2)18-13(15-16-17-18)11-7-5-8-12(14)9-11/h5,7-10H,3-4,6,14H2,1-2H3. The Balaban J connectivity index is 2.27. The van der Waals surface area contributed by atoms with Crippen molar-refractivity contribution in [1.82, 2.24) is 20.2 Å². The topological polar surface area (TPSA) is 69.6 Å². The van der Waals surface area contributed by atoms with E-state index in [4.69, 9.17) is 5.73 Å². The van der Waals surface area contributed by atoms with E-state index in [1.165, 1.54) is 12.8 Å². The summed E-state index contributed by atoms with van der Waals surface area (Å²) in [6, 6.07) is 7.95. The molecule has 5 nitrogen and oxygen atoms in total. The molecule has 2 aromatic rings. The third-order valence-electron chi connectivity index (χ3n) is 3.03. The van der Waals surface area contributed by atoms with Gasteiger partial charge in [-0.3, -0.25) is 0 Å². The second-order valence-corrected chi connectivity index (χ2v) is 4.56. The van der Waals surface area contributed by atoms with Gasteiger partial charge in [0.1, 0.15) is 0 Å². The summed E-state index contributed by atoms with van der Waals surface area (Å²) in [5.74, 6) is 0.783. The predicted molar refractivity (Wildman–Crippen MR) is 71.9 cm³/mol. The highest BCUT2D eigenvalue weighted by Gasteiger charge is 2.14. The molecule has 0 radical (unpaired) electrons. The van der Waals surface area contributed by atoms with Gasteiger partial charge in [0, 0.05) is 11.3 Å². The van der Waals surface area contributed by atoms with E-state index in [1.807, 2.05) is 28.9 Å². The Morgan fingerprint density at radius 3 is 2.94 bits per heavy atom. The molecule has 18 heavy (non-hydrogen) atoms. The highest BCUT2D eigenvalue weighted by atomic mass is 15.5. The zero-order chi connectivity index (χ0) is 13.0. The van der Waals surface area contributed by atoms with Gasteiger partial charge >= 0.3 is 0 Å². The van der Waals surface area contributed by atoms with Crippen LogP contribution in [0.25, 0.3) is 11.4 Å². The third-order valence-corrected chi connectivity index (χ3v) is 3.03. The van der Waals surface area contributed by atoms with Gasteiger partial charge in [-0.25, -0.2) is 4.68 Å². The van der Waals surface area contributed by atoms with Crippen LogP contribution in [0.3, 0.4) is 0 Å². The Labute approximate surface area is 107 Å². The molecule has 0 spiro atoms.